The van der Waals surface area contributed by atoms with E-state index in [1.54, 1.807) is 42.5 Å². The first-order valence-corrected chi connectivity index (χ1v) is 10.9. The number of hydrogen-bond donors (Lipinski definition) is 1. The standard InChI is InChI=1S/C22H19ClN2O3S/c1-14-9-15(2)11-17(10-14)24-22(26)13-25-20-8-7-16(23)12-19(20)18-5-3-4-6-21(18)29(25,27)28/h3-12H,13H2,1-2H3,(H,24,26). The van der Waals surface area contributed by atoms with Crippen LogP contribution in [0.4, 0.5) is 11.4 Å². The van der Waals surface area contributed by atoms with Crippen LogP contribution in [-0.2, 0) is 14.8 Å². The monoisotopic (exact) mass is 426 g/mol. The van der Waals surface area contributed by atoms with Crippen molar-refractivity contribution < 1.29 is 13.2 Å². The molecule has 3 aromatic rings. The number of carbonyl (C=O) groups excluding carboxylic acids is 1. The number of amides is 1. The minimum absolute atomic E-state index is 0.161. The Morgan fingerprint density at radius 2 is 1.66 bits per heavy atom. The van der Waals surface area contributed by atoms with Crippen molar-refractivity contribution in [3.63, 3.8) is 0 Å². The molecular formula is C22H19ClN2O3S. The van der Waals surface area contributed by atoms with E-state index in [0.29, 0.717) is 27.5 Å². The lowest BCUT2D eigenvalue weighted by molar-refractivity contribution is -0.114. The molecule has 1 aliphatic rings. The Morgan fingerprint density at radius 1 is 0.966 bits per heavy atom. The summed E-state index contributed by atoms with van der Waals surface area (Å²) in [6, 6.07) is 17.4. The van der Waals surface area contributed by atoms with E-state index in [4.69, 9.17) is 11.6 Å². The second-order valence-corrected chi connectivity index (χ2v) is 9.36. The van der Waals surface area contributed by atoms with Crippen molar-refractivity contribution in [3.8, 4) is 11.1 Å². The van der Waals surface area contributed by atoms with Crippen LogP contribution in [0.25, 0.3) is 11.1 Å². The molecule has 1 N–H and O–H groups in total. The number of benzene rings is 3. The van der Waals surface area contributed by atoms with Gasteiger partial charge in [-0.1, -0.05) is 35.9 Å². The molecule has 5 nitrogen and oxygen atoms in total. The SMILES string of the molecule is Cc1cc(C)cc(NC(=O)CN2c3ccc(Cl)cc3-c3ccccc3S2(=O)=O)c1. The molecule has 1 aliphatic heterocycles. The predicted molar refractivity (Wildman–Crippen MR) is 116 cm³/mol. The summed E-state index contributed by atoms with van der Waals surface area (Å²) < 4.78 is 27.7. The van der Waals surface area contributed by atoms with Crippen LogP contribution >= 0.6 is 11.6 Å². The highest BCUT2D eigenvalue weighted by Crippen LogP contribution is 2.43. The zero-order chi connectivity index (χ0) is 20.8. The average Bonchev–Trinajstić information content (AvgIpc) is 2.64. The fourth-order valence-corrected chi connectivity index (χ4v) is 5.47. The van der Waals surface area contributed by atoms with Crippen LogP contribution in [0.1, 0.15) is 11.1 Å². The second kappa shape index (κ2) is 7.21. The minimum atomic E-state index is -3.88. The van der Waals surface area contributed by atoms with Gasteiger partial charge in [-0.3, -0.25) is 9.10 Å². The maximum atomic E-state index is 13.3. The van der Waals surface area contributed by atoms with E-state index in [1.807, 2.05) is 32.0 Å². The molecule has 29 heavy (non-hydrogen) atoms. The number of hydrogen-bond acceptors (Lipinski definition) is 3. The fourth-order valence-electron chi connectivity index (χ4n) is 3.65. The summed E-state index contributed by atoms with van der Waals surface area (Å²) >= 11 is 6.16. The van der Waals surface area contributed by atoms with Gasteiger partial charge in [0.1, 0.15) is 6.54 Å². The highest BCUT2D eigenvalue weighted by molar-refractivity contribution is 7.93. The third-order valence-corrected chi connectivity index (χ3v) is 6.82. The molecule has 148 valence electrons. The molecule has 0 saturated carbocycles. The van der Waals surface area contributed by atoms with Gasteiger partial charge in [-0.25, -0.2) is 8.42 Å². The molecule has 0 aromatic heterocycles. The van der Waals surface area contributed by atoms with Gasteiger partial charge in [0.15, 0.2) is 0 Å². The molecule has 0 spiro atoms. The summed E-state index contributed by atoms with van der Waals surface area (Å²) in [4.78, 5) is 12.9. The first kappa shape index (κ1) is 19.5. The second-order valence-electron chi connectivity index (χ2n) is 7.09. The number of aryl methyl sites for hydroxylation is 2. The van der Waals surface area contributed by atoms with Crippen molar-refractivity contribution in [2.45, 2.75) is 18.7 Å². The maximum Gasteiger partial charge on any atom is 0.265 e. The normalized spacial score (nSPS) is 14.1. The van der Waals surface area contributed by atoms with Crippen LogP contribution in [0, 0.1) is 13.8 Å². The Labute approximate surface area is 175 Å². The molecular weight excluding hydrogens is 408 g/mol. The molecule has 1 heterocycles. The van der Waals surface area contributed by atoms with E-state index in [2.05, 4.69) is 5.32 Å². The van der Waals surface area contributed by atoms with Crippen molar-refractivity contribution in [2.24, 2.45) is 0 Å². The average molecular weight is 427 g/mol. The maximum absolute atomic E-state index is 13.3. The molecule has 0 fully saturated rings. The zero-order valence-corrected chi connectivity index (χ0v) is 17.5. The van der Waals surface area contributed by atoms with Crippen molar-refractivity contribution in [2.75, 3.05) is 16.2 Å². The first-order valence-electron chi connectivity index (χ1n) is 9.05. The molecule has 0 radical (unpaired) electrons. The Morgan fingerprint density at radius 3 is 2.38 bits per heavy atom. The van der Waals surface area contributed by atoms with E-state index in [1.165, 1.54) is 0 Å². The van der Waals surface area contributed by atoms with Gasteiger partial charge >= 0.3 is 0 Å². The van der Waals surface area contributed by atoms with Gasteiger partial charge in [-0.05, 0) is 61.4 Å². The summed E-state index contributed by atoms with van der Waals surface area (Å²) in [5.74, 6) is -0.418. The lowest BCUT2D eigenvalue weighted by Crippen LogP contribution is -2.40. The molecule has 7 heteroatoms. The number of nitrogens with zero attached hydrogens (tertiary/aromatic N) is 1. The highest BCUT2D eigenvalue weighted by atomic mass is 35.5. The molecule has 4 rings (SSSR count). The molecule has 3 aromatic carbocycles. The number of anilines is 2. The number of nitrogens with one attached hydrogen (secondary N) is 1. The van der Waals surface area contributed by atoms with E-state index in [9.17, 15) is 13.2 Å². The molecule has 0 aliphatic carbocycles. The Kier molecular flexibility index (Phi) is 4.84. The highest BCUT2D eigenvalue weighted by Gasteiger charge is 2.35. The predicted octanol–water partition coefficient (Wildman–Crippen LogP) is 4.77. The first-order chi connectivity index (χ1) is 13.8. The number of fused-ring (bicyclic) bond motifs is 3. The molecule has 0 atom stereocenters. The van der Waals surface area contributed by atoms with E-state index >= 15 is 0 Å². The van der Waals surface area contributed by atoms with Gasteiger partial charge in [-0.15, -0.1) is 0 Å². The number of rotatable bonds is 3. The van der Waals surface area contributed by atoms with Gasteiger partial charge in [-0.2, -0.15) is 0 Å². The largest absolute Gasteiger partial charge is 0.324 e. The van der Waals surface area contributed by atoms with E-state index < -0.39 is 15.9 Å². The summed E-state index contributed by atoms with van der Waals surface area (Å²) in [6.45, 7) is 3.54. The van der Waals surface area contributed by atoms with Gasteiger partial charge in [0, 0.05) is 21.8 Å². The Hall–Kier alpha value is -2.83. The van der Waals surface area contributed by atoms with E-state index in [0.717, 1.165) is 15.4 Å². The fraction of sp³-hybridized carbons (Fsp3) is 0.136. The van der Waals surface area contributed by atoms with Crippen molar-refractivity contribution >= 4 is 38.9 Å². The van der Waals surface area contributed by atoms with Crippen molar-refractivity contribution in [1.29, 1.82) is 0 Å². The molecule has 0 saturated heterocycles. The summed E-state index contributed by atoms with van der Waals surface area (Å²) in [6.07, 6.45) is 0. The molecule has 0 unspecified atom stereocenters. The van der Waals surface area contributed by atoms with E-state index in [-0.39, 0.29) is 11.4 Å². The van der Waals surface area contributed by atoms with Crippen LogP contribution in [0.3, 0.4) is 0 Å². The smallest absolute Gasteiger partial charge is 0.265 e. The van der Waals surface area contributed by atoms with Gasteiger partial charge in [0.2, 0.25) is 5.91 Å². The van der Waals surface area contributed by atoms with Gasteiger partial charge in [0.05, 0.1) is 10.6 Å². The summed E-state index contributed by atoms with van der Waals surface area (Å²) in [7, 11) is -3.88. The van der Waals surface area contributed by atoms with Gasteiger partial charge < -0.3 is 5.32 Å². The van der Waals surface area contributed by atoms with Crippen LogP contribution in [0.5, 0.6) is 0 Å². The van der Waals surface area contributed by atoms with Crippen molar-refractivity contribution in [3.05, 3.63) is 76.8 Å². The number of halogens is 1. The molecule has 0 bridgehead atoms. The third kappa shape index (κ3) is 3.61. The topological polar surface area (TPSA) is 66.5 Å². The van der Waals surface area contributed by atoms with Crippen LogP contribution in [-0.4, -0.2) is 20.9 Å². The van der Waals surface area contributed by atoms with Crippen LogP contribution in [0.2, 0.25) is 5.02 Å². The lowest BCUT2D eigenvalue weighted by Gasteiger charge is -2.31. The quantitative estimate of drug-likeness (QED) is 0.655. The molecule has 1 amide bonds. The van der Waals surface area contributed by atoms with Crippen LogP contribution in [0.15, 0.2) is 65.6 Å². The Balaban J connectivity index is 1.73. The number of sulfonamides is 1. The number of carbonyl (C=O) groups is 1. The van der Waals surface area contributed by atoms with Crippen molar-refractivity contribution in [1.82, 2.24) is 0 Å². The minimum Gasteiger partial charge on any atom is -0.324 e. The lowest BCUT2D eigenvalue weighted by atomic mass is 10.0. The van der Waals surface area contributed by atoms with Gasteiger partial charge in [0.25, 0.3) is 10.0 Å². The zero-order valence-electron chi connectivity index (χ0n) is 15.9. The van der Waals surface area contributed by atoms with Crippen LogP contribution < -0.4 is 9.62 Å². The third-order valence-electron chi connectivity index (χ3n) is 4.77. The summed E-state index contributed by atoms with van der Waals surface area (Å²) in [5, 5.41) is 3.30. The summed E-state index contributed by atoms with van der Waals surface area (Å²) in [5.41, 5.74) is 4.36. The Bertz CT molecular complexity index is 1220.